The normalized spacial score (nSPS) is 5.68. The van der Waals surface area contributed by atoms with Gasteiger partial charge in [-0.1, -0.05) is 34.8 Å². The summed E-state index contributed by atoms with van der Waals surface area (Å²) in [6, 6.07) is 9.87. The first-order valence-electron chi connectivity index (χ1n) is 5.31. The molecule has 0 heterocycles. The second kappa shape index (κ2) is 42.7. The van der Waals surface area contributed by atoms with Crippen LogP contribution in [0.1, 0.15) is 41.2 Å². The molecule has 0 fully saturated rings. The maximum atomic E-state index is 3.72. The third-order valence-electron chi connectivity index (χ3n) is 0.843. The van der Waals surface area contributed by atoms with Crippen molar-refractivity contribution in [1.82, 2.24) is 4.90 Å². The summed E-state index contributed by atoms with van der Waals surface area (Å²) in [6.45, 7) is 12.7. The van der Waals surface area contributed by atoms with Gasteiger partial charge in [0.1, 0.15) is 0 Å². The van der Waals surface area contributed by atoms with Crippen LogP contribution in [0.25, 0.3) is 0 Å². The molecule has 0 saturated carbocycles. The van der Waals surface area contributed by atoms with Crippen molar-refractivity contribution in [2.75, 3.05) is 21.1 Å². The third-order valence-corrected chi connectivity index (χ3v) is 0.843. The van der Waals surface area contributed by atoms with Crippen LogP contribution in [0.15, 0.2) is 30.3 Å². The second-order valence-electron chi connectivity index (χ2n) is 2.83. The van der Waals surface area contributed by atoms with E-state index in [1.54, 1.807) is 6.92 Å². The molecular weight excluding hydrogens is 384 g/mol. The van der Waals surface area contributed by atoms with Crippen molar-refractivity contribution < 1.29 is 65.4 Å². The molecule has 19 heavy (non-hydrogen) atoms. The Labute approximate surface area is 175 Å². The molecule has 0 amide bonds. The van der Waals surface area contributed by atoms with Gasteiger partial charge in [-0.25, -0.2) is 0 Å². The number of hydrogen-bond donors (Lipinski definition) is 0. The molecule has 0 aliphatic carbocycles. The van der Waals surface area contributed by atoms with Crippen LogP contribution in [0.4, 0.5) is 0 Å². The molecule has 1 aromatic carbocycles. The maximum Gasteiger partial charge on any atom is 0 e. The van der Waals surface area contributed by atoms with Crippen LogP contribution in [0.3, 0.4) is 0 Å². The molecule has 0 aromatic heterocycles. The van der Waals surface area contributed by atoms with Crippen molar-refractivity contribution in [1.29, 1.82) is 0 Å². The van der Waals surface area contributed by atoms with Crippen molar-refractivity contribution >= 4 is 0 Å². The summed E-state index contributed by atoms with van der Waals surface area (Å²) in [5.41, 5.74) is 1.07. The van der Waals surface area contributed by atoms with Crippen molar-refractivity contribution in [2.45, 2.75) is 35.6 Å². The zero-order valence-electron chi connectivity index (χ0n) is 12.4. The number of rotatable bonds is 0. The van der Waals surface area contributed by atoms with Gasteiger partial charge in [0.25, 0.3) is 0 Å². The van der Waals surface area contributed by atoms with Crippen LogP contribution in [0.2, 0.25) is 0 Å². The van der Waals surface area contributed by atoms with Gasteiger partial charge in [-0.05, 0) is 21.1 Å². The molecule has 0 spiro atoms. The monoisotopic (exact) mass is 419 g/mol. The summed E-state index contributed by atoms with van der Waals surface area (Å²) in [7, 11) is 6.00. The van der Waals surface area contributed by atoms with Crippen molar-refractivity contribution in [3.05, 3.63) is 49.7 Å². The van der Waals surface area contributed by atoms with Crippen LogP contribution in [-0.2, 0) is 65.4 Å². The van der Waals surface area contributed by atoms with E-state index in [2.05, 4.69) is 13.8 Å². The first-order valence-corrected chi connectivity index (χ1v) is 5.31. The van der Waals surface area contributed by atoms with E-state index in [1.807, 2.05) is 70.2 Å². The predicted molar refractivity (Wildman–Crippen MR) is 86.4 cm³/mol. The molecule has 0 aliphatic rings. The Morgan fingerprint density at radius 3 is 1.11 bits per heavy atom. The number of benzene rings is 1. The van der Waals surface area contributed by atoms with Crippen LogP contribution in [-0.4, -0.2) is 26.0 Å². The van der Waals surface area contributed by atoms with Gasteiger partial charge in [0.05, 0.1) is 0 Å². The summed E-state index contributed by atoms with van der Waals surface area (Å²) >= 11 is 0. The average molecular weight is 419 g/mol. The fourth-order valence-electron chi connectivity index (χ4n) is 0.478. The van der Waals surface area contributed by atoms with Crippen molar-refractivity contribution in [2.24, 2.45) is 0 Å². The summed E-state index contributed by atoms with van der Waals surface area (Å²) in [5.74, 6) is 0. The van der Waals surface area contributed by atoms with Gasteiger partial charge in [0, 0.05) is 65.4 Å². The molecule has 0 unspecified atom stereocenters. The molecule has 112 valence electrons. The zero-order valence-corrected chi connectivity index (χ0v) is 18.1. The molecule has 2 radical (unpaired) electrons. The van der Waals surface area contributed by atoms with Crippen molar-refractivity contribution in [3.63, 3.8) is 0 Å². The summed E-state index contributed by atoms with van der Waals surface area (Å²) in [5, 5.41) is 0. The Morgan fingerprint density at radius 2 is 1.00 bits per heavy atom. The standard InChI is InChI=1S/C7H7.C3H9N.C2H6.C2H5.2CH4.2Y/c1-7-5-3-2-4-6-7;1-4(2)3;2*1-2;;;;/h2-6H,1H2;1-3H3;1-2H3;1H2,2H3;2*1H4;;/q-1;;;-1;;;;. The molecular formula is C16H35NY2-2. The van der Waals surface area contributed by atoms with Gasteiger partial charge in [-0.2, -0.15) is 31.5 Å². The molecule has 0 atom stereocenters. The molecule has 1 aromatic rings. The Balaban J connectivity index is -0.0000000216. The Hall–Kier alpha value is 1.26. The van der Waals surface area contributed by atoms with Gasteiger partial charge in [0.15, 0.2) is 0 Å². The molecule has 1 rings (SSSR count). The van der Waals surface area contributed by atoms with Gasteiger partial charge in [0.2, 0.25) is 0 Å². The van der Waals surface area contributed by atoms with Crippen LogP contribution in [0.5, 0.6) is 0 Å². The first-order chi connectivity index (χ1) is 7.13. The fraction of sp³-hybridized carbons (Fsp3) is 0.500. The Kier molecular flexibility index (Phi) is 96.1. The SMILES string of the molecule is C.C.CC.CN(C)C.[CH2-]C.[CH2-]c1ccccc1.[Y].[Y]. The number of nitrogens with zero attached hydrogens (tertiary/aromatic N) is 1. The van der Waals surface area contributed by atoms with E-state index in [1.165, 1.54) is 0 Å². The van der Waals surface area contributed by atoms with Crippen LogP contribution in [0, 0.1) is 13.8 Å². The van der Waals surface area contributed by atoms with Crippen LogP contribution < -0.4 is 0 Å². The Morgan fingerprint density at radius 1 is 0.789 bits per heavy atom. The van der Waals surface area contributed by atoms with E-state index < -0.39 is 0 Å². The van der Waals surface area contributed by atoms with Crippen molar-refractivity contribution in [3.8, 4) is 0 Å². The van der Waals surface area contributed by atoms with Crippen LogP contribution >= 0.6 is 0 Å². The zero-order chi connectivity index (χ0) is 12.7. The van der Waals surface area contributed by atoms with Gasteiger partial charge in [-0.15, -0.1) is 12.1 Å². The molecule has 0 saturated heterocycles. The maximum absolute atomic E-state index is 3.72. The van der Waals surface area contributed by atoms with E-state index >= 15 is 0 Å². The molecule has 3 heteroatoms. The quantitative estimate of drug-likeness (QED) is 0.524. The van der Waals surface area contributed by atoms with E-state index in [-0.39, 0.29) is 80.3 Å². The first kappa shape index (κ1) is 42.7. The fourth-order valence-corrected chi connectivity index (χ4v) is 0.478. The van der Waals surface area contributed by atoms with Gasteiger partial charge < -0.3 is 11.8 Å². The molecule has 0 aliphatic heterocycles. The molecule has 0 bridgehead atoms. The second-order valence-corrected chi connectivity index (χ2v) is 2.83. The number of hydrogen-bond acceptors (Lipinski definition) is 1. The Bertz CT molecular complexity index is 175. The largest absolute Gasteiger partial charge is 0.346 e. The summed E-state index contributed by atoms with van der Waals surface area (Å²) < 4.78 is 0. The van der Waals surface area contributed by atoms with Gasteiger partial charge >= 0.3 is 0 Å². The van der Waals surface area contributed by atoms with Gasteiger partial charge in [-0.3, -0.25) is 0 Å². The minimum atomic E-state index is 0. The van der Waals surface area contributed by atoms with E-state index in [0.29, 0.717) is 0 Å². The van der Waals surface area contributed by atoms with E-state index in [0.717, 1.165) is 5.56 Å². The summed E-state index contributed by atoms with van der Waals surface area (Å²) in [4.78, 5) is 2.00. The molecule has 1 nitrogen and oxygen atoms in total. The predicted octanol–water partition coefficient (Wildman–Crippen LogP) is 5.18. The van der Waals surface area contributed by atoms with E-state index in [9.17, 15) is 0 Å². The van der Waals surface area contributed by atoms with E-state index in [4.69, 9.17) is 0 Å². The summed E-state index contributed by atoms with van der Waals surface area (Å²) in [6.07, 6.45) is 0. The third kappa shape index (κ3) is 66.9. The minimum absolute atomic E-state index is 0. The minimum Gasteiger partial charge on any atom is -0.346 e. The smallest absolute Gasteiger partial charge is 0 e. The topological polar surface area (TPSA) is 3.24 Å². The molecule has 0 N–H and O–H groups in total. The average Bonchev–Trinajstić information content (AvgIpc) is 2.24.